The summed E-state index contributed by atoms with van der Waals surface area (Å²) in [5, 5.41) is 7.67. The number of urea groups is 1. The third-order valence-electron chi connectivity index (χ3n) is 10.5. The van der Waals surface area contributed by atoms with Gasteiger partial charge in [0.15, 0.2) is 0 Å². The number of amides is 4. The van der Waals surface area contributed by atoms with Gasteiger partial charge in [-0.25, -0.2) is 4.79 Å². The molecule has 2 aromatic rings. The fraction of sp³-hybridized carbons (Fsp3) is 0.618. The summed E-state index contributed by atoms with van der Waals surface area (Å²) in [7, 11) is 0. The Morgan fingerprint density at radius 1 is 0.978 bits per heavy atom. The van der Waals surface area contributed by atoms with E-state index in [1.807, 2.05) is 39.1 Å². The van der Waals surface area contributed by atoms with Gasteiger partial charge in [0.2, 0.25) is 11.8 Å². The SMILES string of the molecule is CCc1cc(C[C@@H](CC(=O)N2CCC(N3CCc4cscc4NC3=O)CC2)C(=O)N2CCC(N3CCCC3)CC2)cc(Cl)c1N. The Kier molecular flexibility index (Phi) is 10.2. The van der Waals surface area contributed by atoms with Crippen LogP contribution in [0.1, 0.15) is 68.6 Å². The highest BCUT2D eigenvalue weighted by Crippen LogP contribution is 2.31. The van der Waals surface area contributed by atoms with E-state index in [1.54, 1.807) is 11.3 Å². The lowest BCUT2D eigenvalue weighted by molar-refractivity contribution is -0.143. The van der Waals surface area contributed by atoms with E-state index in [4.69, 9.17) is 17.3 Å². The Bertz CT molecular complexity index is 1380. The van der Waals surface area contributed by atoms with Crippen molar-refractivity contribution in [1.29, 1.82) is 0 Å². The molecule has 4 amide bonds. The number of nitrogen functional groups attached to an aromatic ring is 1. The molecule has 4 aliphatic rings. The maximum absolute atomic E-state index is 14.1. The van der Waals surface area contributed by atoms with Crippen LogP contribution in [0.2, 0.25) is 5.02 Å². The van der Waals surface area contributed by atoms with Gasteiger partial charge in [-0.05, 0) is 99.0 Å². The van der Waals surface area contributed by atoms with Crippen LogP contribution in [0.3, 0.4) is 0 Å². The molecule has 3 fully saturated rings. The molecule has 0 spiro atoms. The fourth-order valence-corrected chi connectivity index (χ4v) is 8.85. The maximum atomic E-state index is 14.1. The van der Waals surface area contributed by atoms with Crippen molar-refractivity contribution in [3.8, 4) is 0 Å². The van der Waals surface area contributed by atoms with E-state index in [0.29, 0.717) is 42.8 Å². The molecular weight excluding hydrogens is 608 g/mol. The predicted molar refractivity (Wildman–Crippen MR) is 181 cm³/mol. The van der Waals surface area contributed by atoms with Gasteiger partial charge in [0, 0.05) is 56.6 Å². The van der Waals surface area contributed by atoms with Crippen molar-refractivity contribution in [3.05, 3.63) is 44.6 Å². The molecule has 0 saturated carbocycles. The molecule has 0 bridgehead atoms. The number of aryl methyl sites for hydroxylation is 1. The highest BCUT2D eigenvalue weighted by atomic mass is 35.5. The van der Waals surface area contributed by atoms with Crippen molar-refractivity contribution in [2.45, 2.75) is 83.2 Å². The Morgan fingerprint density at radius 3 is 2.38 bits per heavy atom. The lowest BCUT2D eigenvalue weighted by Gasteiger charge is -2.39. The molecule has 0 radical (unpaired) electrons. The minimum absolute atomic E-state index is 0.0122. The molecule has 0 aliphatic carbocycles. The monoisotopic (exact) mass is 654 g/mol. The minimum Gasteiger partial charge on any atom is -0.397 e. The highest BCUT2D eigenvalue weighted by molar-refractivity contribution is 7.08. The van der Waals surface area contributed by atoms with Crippen LogP contribution in [0.25, 0.3) is 0 Å². The predicted octanol–water partition coefficient (Wildman–Crippen LogP) is 5.26. The first-order valence-electron chi connectivity index (χ1n) is 16.8. The number of rotatable bonds is 8. The van der Waals surface area contributed by atoms with Crippen molar-refractivity contribution in [2.75, 3.05) is 56.9 Å². The summed E-state index contributed by atoms with van der Waals surface area (Å²) in [6.07, 6.45) is 8.21. The van der Waals surface area contributed by atoms with Crippen LogP contribution in [0.5, 0.6) is 0 Å². The number of benzene rings is 1. The van der Waals surface area contributed by atoms with Crippen LogP contribution in [0, 0.1) is 5.92 Å². The number of thiophene rings is 1. The van der Waals surface area contributed by atoms with Gasteiger partial charge in [0.25, 0.3) is 0 Å². The minimum atomic E-state index is -0.460. The van der Waals surface area contributed by atoms with Gasteiger partial charge in [0.1, 0.15) is 0 Å². The summed E-state index contributed by atoms with van der Waals surface area (Å²) in [6, 6.07) is 4.50. The van der Waals surface area contributed by atoms with E-state index in [1.165, 1.54) is 31.5 Å². The van der Waals surface area contributed by atoms with Gasteiger partial charge >= 0.3 is 6.03 Å². The average Bonchev–Trinajstić information content (AvgIpc) is 3.72. The summed E-state index contributed by atoms with van der Waals surface area (Å²) in [5.41, 5.74) is 10.8. The van der Waals surface area contributed by atoms with Gasteiger partial charge in [-0.15, -0.1) is 11.3 Å². The highest BCUT2D eigenvalue weighted by Gasteiger charge is 2.35. The standard InChI is InChI=1S/C34H47ClN6O3S/c1-2-24-17-23(19-29(35)32(24)36)18-26(33(43)40-14-6-27(7-15-40)38-10-3-4-11-38)20-31(42)39-12-8-28(9-13-39)41-16-5-25-21-45-22-30(25)37-34(41)44/h17,19,21-22,26-28H,2-16,18,20,36H2,1H3,(H,37,44)/t26-/m0/s1. The Balaban J connectivity index is 1.10. The Morgan fingerprint density at radius 2 is 1.67 bits per heavy atom. The van der Waals surface area contributed by atoms with E-state index in [9.17, 15) is 14.4 Å². The maximum Gasteiger partial charge on any atom is 0.322 e. The summed E-state index contributed by atoms with van der Waals surface area (Å²) in [5.74, 6) is -0.381. The summed E-state index contributed by atoms with van der Waals surface area (Å²) >= 11 is 8.11. The zero-order valence-electron chi connectivity index (χ0n) is 26.4. The number of hydrogen-bond donors (Lipinski definition) is 2. The normalized spacial score (nSPS) is 21.0. The van der Waals surface area contributed by atoms with E-state index in [0.717, 1.165) is 68.4 Å². The fourth-order valence-electron chi connectivity index (χ4n) is 7.77. The molecule has 1 atom stereocenters. The number of nitrogens with two attached hydrogens (primary N) is 1. The molecule has 3 saturated heterocycles. The molecule has 1 aromatic carbocycles. The molecule has 11 heteroatoms. The van der Waals surface area contributed by atoms with Crippen LogP contribution < -0.4 is 11.1 Å². The number of halogens is 1. The smallest absolute Gasteiger partial charge is 0.322 e. The first kappa shape index (κ1) is 32.1. The van der Waals surface area contributed by atoms with E-state index in [2.05, 4.69) is 15.6 Å². The van der Waals surface area contributed by atoms with Crippen molar-refractivity contribution in [1.82, 2.24) is 19.6 Å². The van der Waals surface area contributed by atoms with Crippen molar-refractivity contribution in [3.63, 3.8) is 0 Å². The van der Waals surface area contributed by atoms with Gasteiger partial charge < -0.3 is 30.7 Å². The van der Waals surface area contributed by atoms with Crippen LogP contribution in [-0.2, 0) is 28.9 Å². The first-order chi connectivity index (χ1) is 21.8. The molecule has 244 valence electrons. The van der Waals surface area contributed by atoms with Crippen molar-refractivity contribution in [2.24, 2.45) is 5.92 Å². The van der Waals surface area contributed by atoms with Gasteiger partial charge in [-0.2, -0.15) is 0 Å². The Labute approximate surface area is 276 Å². The first-order valence-corrected chi connectivity index (χ1v) is 18.1. The number of anilines is 2. The zero-order chi connectivity index (χ0) is 31.5. The largest absolute Gasteiger partial charge is 0.397 e. The summed E-state index contributed by atoms with van der Waals surface area (Å²) in [4.78, 5) is 49.3. The van der Waals surface area contributed by atoms with E-state index < -0.39 is 5.92 Å². The number of carbonyl (C=O) groups excluding carboxylic acids is 3. The number of nitrogens with one attached hydrogen (secondary N) is 1. The number of piperidine rings is 2. The average molecular weight is 655 g/mol. The second kappa shape index (κ2) is 14.3. The molecule has 1 aromatic heterocycles. The topological polar surface area (TPSA) is 102 Å². The van der Waals surface area contributed by atoms with Crippen LogP contribution in [0.4, 0.5) is 16.2 Å². The summed E-state index contributed by atoms with van der Waals surface area (Å²) < 4.78 is 0. The molecular formula is C34H47ClN6O3S. The van der Waals surface area contributed by atoms with Crippen LogP contribution in [-0.4, -0.2) is 95.3 Å². The lowest BCUT2D eigenvalue weighted by atomic mass is 9.91. The van der Waals surface area contributed by atoms with Crippen molar-refractivity contribution < 1.29 is 14.4 Å². The third kappa shape index (κ3) is 7.28. The van der Waals surface area contributed by atoms with Gasteiger partial charge in [0.05, 0.1) is 22.3 Å². The quantitative estimate of drug-likeness (QED) is 0.378. The van der Waals surface area contributed by atoms with E-state index in [-0.39, 0.29) is 30.3 Å². The Hall–Kier alpha value is -2.82. The number of nitrogens with zero attached hydrogens (tertiary/aromatic N) is 4. The summed E-state index contributed by atoms with van der Waals surface area (Å²) in [6.45, 7) is 7.72. The number of likely N-dealkylation sites (tertiary alicyclic amines) is 3. The second-order valence-corrected chi connectivity index (χ2v) is 14.4. The molecule has 4 aliphatic heterocycles. The number of fused-ring (bicyclic) bond motifs is 1. The van der Waals surface area contributed by atoms with Gasteiger partial charge in [-0.3, -0.25) is 9.59 Å². The second-order valence-electron chi connectivity index (χ2n) is 13.2. The lowest BCUT2D eigenvalue weighted by Crippen LogP contribution is -2.51. The molecule has 5 heterocycles. The molecule has 9 nitrogen and oxygen atoms in total. The zero-order valence-corrected chi connectivity index (χ0v) is 28.0. The van der Waals surface area contributed by atoms with Gasteiger partial charge in [-0.1, -0.05) is 24.6 Å². The number of hydrogen-bond acceptors (Lipinski definition) is 6. The van der Waals surface area contributed by atoms with Crippen molar-refractivity contribution >= 4 is 52.2 Å². The number of carbonyl (C=O) groups is 3. The van der Waals surface area contributed by atoms with Crippen LogP contribution >= 0.6 is 22.9 Å². The third-order valence-corrected chi connectivity index (χ3v) is 11.6. The molecule has 0 unspecified atom stereocenters. The molecule has 6 rings (SSSR count). The molecule has 45 heavy (non-hydrogen) atoms. The van der Waals surface area contributed by atoms with E-state index >= 15 is 0 Å². The van der Waals surface area contributed by atoms with Crippen LogP contribution in [0.15, 0.2) is 22.9 Å². The molecule has 3 N–H and O–H groups in total.